The molecule has 0 saturated carbocycles. The Kier molecular flexibility index (Phi) is 11.4. The zero-order valence-electron chi connectivity index (χ0n) is 20.8. The van der Waals surface area contributed by atoms with Crippen molar-refractivity contribution < 1.29 is 67.9 Å². The Bertz CT molecular complexity index is 1040. The second kappa shape index (κ2) is 14.3. The zero-order chi connectivity index (χ0) is 25.2. The van der Waals surface area contributed by atoms with Gasteiger partial charge >= 0.3 is 41.6 Å². The molecule has 13 heteroatoms. The summed E-state index contributed by atoms with van der Waals surface area (Å²) in [5, 5.41) is 12.0. The van der Waals surface area contributed by atoms with E-state index in [4.69, 9.17) is 28.4 Å². The minimum atomic E-state index is -1.56. The van der Waals surface area contributed by atoms with Crippen LogP contribution in [0.1, 0.15) is 38.1 Å². The molecule has 0 radical (unpaired) electrons. The van der Waals surface area contributed by atoms with Gasteiger partial charge in [0.1, 0.15) is 11.5 Å². The zero-order valence-corrected chi connectivity index (χ0v) is 22.8. The number of aromatic nitrogens is 4. The summed E-state index contributed by atoms with van der Waals surface area (Å²) in [4.78, 5) is 28.6. The van der Waals surface area contributed by atoms with Gasteiger partial charge in [-0.05, 0) is 39.8 Å². The van der Waals surface area contributed by atoms with Crippen LogP contribution >= 0.6 is 0 Å². The Hall–Kier alpha value is -3.35. The first-order chi connectivity index (χ1) is 17.0. The average Bonchev–Trinajstić information content (AvgIpc) is 2.80. The van der Waals surface area contributed by atoms with Crippen LogP contribution in [-0.2, 0) is 0 Å². The Morgan fingerprint density at radius 2 is 1.03 bits per heavy atom. The molecule has 186 valence electrons. The van der Waals surface area contributed by atoms with E-state index in [1.54, 1.807) is 27.7 Å². The molecule has 0 aliphatic carbocycles. The van der Waals surface area contributed by atoms with Crippen LogP contribution in [0.2, 0.25) is 0 Å². The molecule has 0 amide bonds. The number of hydrogen-bond acceptors (Lipinski definition) is 12. The summed E-state index contributed by atoms with van der Waals surface area (Å²) in [7, 11) is 0. The topological polar surface area (TPSA) is 147 Å². The van der Waals surface area contributed by atoms with E-state index in [0.717, 1.165) is 0 Å². The first-order valence-electron chi connectivity index (χ1n) is 11.0. The molecule has 0 aliphatic heterocycles. The molecule has 3 rings (SSSR count). The summed E-state index contributed by atoms with van der Waals surface area (Å²) in [5.41, 5.74) is -0.403. The van der Waals surface area contributed by atoms with Crippen molar-refractivity contribution >= 4 is 5.97 Å². The molecule has 0 N–H and O–H groups in total. The van der Waals surface area contributed by atoms with Gasteiger partial charge in [0.25, 0.3) is 0 Å². The van der Waals surface area contributed by atoms with Gasteiger partial charge in [0.15, 0.2) is 0 Å². The van der Waals surface area contributed by atoms with E-state index < -0.39 is 11.5 Å². The molecule has 0 unspecified atom stereocenters. The van der Waals surface area contributed by atoms with Crippen molar-refractivity contribution in [2.75, 3.05) is 26.4 Å². The van der Waals surface area contributed by atoms with Crippen molar-refractivity contribution in [3.63, 3.8) is 0 Å². The molecular formula is C23H25N4NaO8. The first-order valence-corrected chi connectivity index (χ1v) is 11.0. The normalized spacial score (nSPS) is 10.1. The monoisotopic (exact) mass is 508 g/mol. The van der Waals surface area contributed by atoms with Gasteiger partial charge in [0.2, 0.25) is 23.5 Å². The molecule has 0 spiro atoms. The van der Waals surface area contributed by atoms with Crippen LogP contribution in [-0.4, -0.2) is 52.3 Å². The number of nitrogens with zero attached hydrogens (tertiary/aromatic N) is 4. The fourth-order valence-electron chi connectivity index (χ4n) is 2.82. The predicted octanol–water partition coefficient (Wildman–Crippen LogP) is -0.186. The Morgan fingerprint density at radius 3 is 1.31 bits per heavy atom. The number of rotatable bonds is 13. The molecule has 0 fully saturated rings. The molecule has 3 aromatic rings. The smallest absolute Gasteiger partial charge is 0.545 e. The van der Waals surface area contributed by atoms with Crippen molar-refractivity contribution in [2.45, 2.75) is 27.7 Å². The largest absolute Gasteiger partial charge is 1.00 e. The third-order valence-electron chi connectivity index (χ3n) is 4.08. The van der Waals surface area contributed by atoms with Crippen LogP contribution in [0.15, 0.2) is 30.3 Å². The van der Waals surface area contributed by atoms with E-state index >= 15 is 0 Å². The second-order valence-electron chi connectivity index (χ2n) is 6.51. The van der Waals surface area contributed by atoms with Gasteiger partial charge < -0.3 is 38.3 Å². The van der Waals surface area contributed by atoms with E-state index in [0.29, 0.717) is 26.4 Å². The maximum atomic E-state index is 12.0. The Labute approximate surface area is 230 Å². The third-order valence-corrected chi connectivity index (χ3v) is 4.08. The first kappa shape index (κ1) is 28.9. The van der Waals surface area contributed by atoms with Gasteiger partial charge in [0, 0.05) is 0 Å². The van der Waals surface area contributed by atoms with Crippen LogP contribution in [0, 0.1) is 0 Å². The number of benzene rings is 1. The van der Waals surface area contributed by atoms with E-state index in [9.17, 15) is 9.90 Å². The molecule has 36 heavy (non-hydrogen) atoms. The second-order valence-corrected chi connectivity index (χ2v) is 6.51. The van der Waals surface area contributed by atoms with Gasteiger partial charge in [-0.3, -0.25) is 0 Å². The Balaban J connectivity index is 0.00000456. The number of carbonyl (C=O) groups excluding carboxylic acids is 1. The van der Waals surface area contributed by atoms with Gasteiger partial charge in [-0.1, -0.05) is 6.07 Å². The summed E-state index contributed by atoms with van der Waals surface area (Å²) in [6.07, 6.45) is 0. The SMILES string of the molecule is CCOc1cc(OCC)nc(Oc2cccc(Oc3nc(OCC)cc(OCC)n3)c2C(=O)[O-])n1.[Na+]. The molecule has 0 aliphatic rings. The summed E-state index contributed by atoms with van der Waals surface area (Å²) >= 11 is 0. The van der Waals surface area contributed by atoms with Crippen LogP contribution in [0.25, 0.3) is 0 Å². The molecule has 2 heterocycles. The minimum Gasteiger partial charge on any atom is -0.545 e. The summed E-state index contributed by atoms with van der Waals surface area (Å²) in [6.45, 7) is 8.55. The standard InChI is InChI=1S/C23H26N4O8.Na/c1-5-30-16-12-17(31-6-2)25-22(24-16)34-14-10-9-11-15(20(14)21(28)29)35-23-26-18(32-7-3)13-19(27-23)33-8-4;/h9-13H,5-8H2,1-4H3,(H,28,29);/q;+1/p-1. The van der Waals surface area contributed by atoms with Crippen LogP contribution in [0.3, 0.4) is 0 Å². The van der Waals surface area contributed by atoms with E-state index in [-0.39, 0.29) is 76.6 Å². The van der Waals surface area contributed by atoms with Crippen LogP contribution in [0.5, 0.6) is 47.0 Å². The molecule has 12 nitrogen and oxygen atoms in total. The van der Waals surface area contributed by atoms with Crippen LogP contribution < -0.4 is 63.1 Å². The predicted molar refractivity (Wildman–Crippen MR) is 120 cm³/mol. The third kappa shape index (κ3) is 7.83. The minimum absolute atomic E-state index is 0. The maximum absolute atomic E-state index is 12.0. The summed E-state index contributed by atoms with van der Waals surface area (Å²) < 4.78 is 33.0. The molecular weight excluding hydrogens is 483 g/mol. The molecule has 1 aromatic carbocycles. The van der Waals surface area contributed by atoms with E-state index in [1.165, 1.54) is 30.3 Å². The number of aromatic carboxylic acids is 1. The van der Waals surface area contributed by atoms with Crippen molar-refractivity contribution in [3.8, 4) is 47.0 Å². The number of ether oxygens (including phenoxy) is 6. The van der Waals surface area contributed by atoms with Crippen molar-refractivity contribution in [1.82, 2.24) is 19.9 Å². The molecule has 0 atom stereocenters. The number of hydrogen-bond donors (Lipinski definition) is 0. The molecule has 0 bridgehead atoms. The molecule has 0 saturated heterocycles. The van der Waals surface area contributed by atoms with Crippen molar-refractivity contribution in [2.24, 2.45) is 0 Å². The fraction of sp³-hybridized carbons (Fsp3) is 0.348. The number of carboxylic acids is 1. The Morgan fingerprint density at radius 1 is 0.694 bits per heavy atom. The van der Waals surface area contributed by atoms with Gasteiger partial charge in [-0.15, -0.1) is 0 Å². The van der Waals surface area contributed by atoms with E-state index in [2.05, 4.69) is 19.9 Å². The number of carboxylic acid groups (broad SMARTS) is 1. The van der Waals surface area contributed by atoms with Crippen molar-refractivity contribution in [3.05, 3.63) is 35.9 Å². The fourth-order valence-corrected chi connectivity index (χ4v) is 2.82. The number of carbonyl (C=O) groups is 1. The summed E-state index contributed by atoms with van der Waals surface area (Å²) in [5.74, 6) is -1.02. The van der Waals surface area contributed by atoms with Gasteiger partial charge in [0.05, 0.1) is 50.1 Å². The molecule has 2 aromatic heterocycles. The van der Waals surface area contributed by atoms with Crippen LogP contribution in [0.4, 0.5) is 0 Å². The maximum Gasteiger partial charge on any atom is 1.00 e. The van der Waals surface area contributed by atoms with E-state index in [1.807, 2.05) is 0 Å². The quantitative estimate of drug-likeness (QED) is 0.282. The summed E-state index contributed by atoms with van der Waals surface area (Å²) in [6, 6.07) is 6.94. The van der Waals surface area contributed by atoms with Gasteiger partial charge in [-0.25, -0.2) is 0 Å². The average molecular weight is 508 g/mol. The van der Waals surface area contributed by atoms with Crippen molar-refractivity contribution in [1.29, 1.82) is 0 Å². The van der Waals surface area contributed by atoms with Gasteiger partial charge in [-0.2, -0.15) is 19.9 Å².